The predicted molar refractivity (Wildman–Crippen MR) is 74.5 cm³/mol. The van der Waals surface area contributed by atoms with Crippen LogP contribution in [0.15, 0.2) is 22.7 Å². The topological polar surface area (TPSA) is 32.3 Å². The highest BCUT2D eigenvalue weighted by Crippen LogP contribution is 2.33. The quantitative estimate of drug-likeness (QED) is 0.878. The highest BCUT2D eigenvalue weighted by Gasteiger charge is 2.36. The van der Waals surface area contributed by atoms with Gasteiger partial charge in [0.1, 0.15) is 0 Å². The molecule has 0 bridgehead atoms. The molecule has 0 aromatic heterocycles. The van der Waals surface area contributed by atoms with E-state index in [1.807, 2.05) is 18.2 Å². The van der Waals surface area contributed by atoms with Gasteiger partial charge in [-0.3, -0.25) is 0 Å². The molecule has 0 aliphatic carbocycles. The van der Waals surface area contributed by atoms with E-state index >= 15 is 0 Å². The van der Waals surface area contributed by atoms with E-state index in [1.165, 1.54) is 0 Å². The molecule has 2 N–H and O–H groups in total. The van der Waals surface area contributed by atoms with Crippen molar-refractivity contribution >= 4 is 27.5 Å². The molecule has 1 heterocycles. The van der Waals surface area contributed by atoms with Crippen LogP contribution in [-0.4, -0.2) is 23.8 Å². The summed E-state index contributed by atoms with van der Waals surface area (Å²) in [7, 11) is 0. The number of nitrogens with one attached hydrogen (secondary N) is 1. The second-order valence-corrected chi connectivity index (χ2v) is 6.05. The summed E-state index contributed by atoms with van der Waals surface area (Å²) >= 11 is 9.56. The number of piperidine rings is 1. The Hall–Kier alpha value is -0.0900. The number of hydrogen-bond donors (Lipinski definition) is 2. The standard InChI is InChI=1S/C13H17BrClNO/c1-9-8-16-6-5-13(9,17)7-10-3-2-4-11(15)12(10)14/h2-4,9,16-17H,5-8H2,1H3. The van der Waals surface area contributed by atoms with Crippen molar-refractivity contribution in [1.29, 1.82) is 0 Å². The van der Waals surface area contributed by atoms with Crippen molar-refractivity contribution < 1.29 is 5.11 Å². The molecule has 1 fully saturated rings. The van der Waals surface area contributed by atoms with Gasteiger partial charge in [0.2, 0.25) is 0 Å². The van der Waals surface area contributed by atoms with Gasteiger partial charge in [0.05, 0.1) is 10.6 Å². The van der Waals surface area contributed by atoms with Gasteiger partial charge >= 0.3 is 0 Å². The molecule has 1 aromatic carbocycles. The van der Waals surface area contributed by atoms with E-state index < -0.39 is 5.60 Å². The van der Waals surface area contributed by atoms with Crippen LogP contribution >= 0.6 is 27.5 Å². The van der Waals surface area contributed by atoms with E-state index in [1.54, 1.807) is 0 Å². The molecule has 0 amide bonds. The highest BCUT2D eigenvalue weighted by molar-refractivity contribution is 9.10. The van der Waals surface area contributed by atoms with Crippen LogP contribution in [0.2, 0.25) is 5.02 Å². The summed E-state index contributed by atoms with van der Waals surface area (Å²) in [4.78, 5) is 0. The van der Waals surface area contributed by atoms with Gasteiger partial charge < -0.3 is 10.4 Å². The van der Waals surface area contributed by atoms with Crippen molar-refractivity contribution in [1.82, 2.24) is 5.32 Å². The van der Waals surface area contributed by atoms with Crippen LogP contribution in [0.5, 0.6) is 0 Å². The lowest BCUT2D eigenvalue weighted by molar-refractivity contribution is -0.0330. The van der Waals surface area contributed by atoms with E-state index in [9.17, 15) is 5.11 Å². The fourth-order valence-corrected chi connectivity index (χ4v) is 2.94. The molecule has 1 aromatic rings. The smallest absolute Gasteiger partial charge is 0.0737 e. The Balaban J connectivity index is 2.22. The zero-order valence-electron chi connectivity index (χ0n) is 9.84. The van der Waals surface area contributed by atoms with Gasteiger partial charge in [-0.05, 0) is 46.4 Å². The van der Waals surface area contributed by atoms with Crippen LogP contribution in [0.1, 0.15) is 18.9 Å². The van der Waals surface area contributed by atoms with Crippen molar-refractivity contribution in [3.05, 3.63) is 33.3 Å². The molecule has 0 radical (unpaired) electrons. The van der Waals surface area contributed by atoms with E-state index in [4.69, 9.17) is 11.6 Å². The third-order valence-electron chi connectivity index (χ3n) is 3.63. The molecule has 17 heavy (non-hydrogen) atoms. The van der Waals surface area contributed by atoms with E-state index in [-0.39, 0.29) is 5.92 Å². The first-order chi connectivity index (χ1) is 8.03. The SMILES string of the molecule is CC1CNCCC1(O)Cc1cccc(Cl)c1Br. The van der Waals surface area contributed by atoms with Crippen LogP contribution in [-0.2, 0) is 6.42 Å². The van der Waals surface area contributed by atoms with Crippen molar-refractivity contribution in [2.24, 2.45) is 5.92 Å². The lowest BCUT2D eigenvalue weighted by Gasteiger charge is -2.39. The minimum absolute atomic E-state index is 0.252. The number of aliphatic hydroxyl groups is 1. The van der Waals surface area contributed by atoms with Crippen LogP contribution in [0, 0.1) is 5.92 Å². The predicted octanol–water partition coefficient (Wildman–Crippen LogP) is 3.01. The molecule has 2 nitrogen and oxygen atoms in total. The molecule has 1 aliphatic rings. The fourth-order valence-electron chi connectivity index (χ4n) is 2.34. The first-order valence-corrected chi connectivity index (χ1v) is 7.06. The summed E-state index contributed by atoms with van der Waals surface area (Å²) in [6.07, 6.45) is 1.43. The molecule has 94 valence electrons. The summed E-state index contributed by atoms with van der Waals surface area (Å²) in [6, 6.07) is 5.80. The summed E-state index contributed by atoms with van der Waals surface area (Å²) in [6.45, 7) is 3.83. The van der Waals surface area contributed by atoms with Crippen LogP contribution in [0.4, 0.5) is 0 Å². The van der Waals surface area contributed by atoms with Gasteiger partial charge in [-0.15, -0.1) is 0 Å². The maximum Gasteiger partial charge on any atom is 0.0737 e. The molecular formula is C13H17BrClNO. The minimum Gasteiger partial charge on any atom is -0.389 e. The molecular weight excluding hydrogens is 302 g/mol. The van der Waals surface area contributed by atoms with Crippen LogP contribution in [0.25, 0.3) is 0 Å². The summed E-state index contributed by atoms with van der Waals surface area (Å²) in [5.74, 6) is 0.252. The van der Waals surface area contributed by atoms with Crippen LogP contribution < -0.4 is 5.32 Å². The second-order valence-electron chi connectivity index (χ2n) is 4.85. The van der Waals surface area contributed by atoms with Gasteiger partial charge in [0.15, 0.2) is 0 Å². The van der Waals surface area contributed by atoms with E-state index in [2.05, 4.69) is 28.2 Å². The first kappa shape index (κ1) is 13.3. The summed E-state index contributed by atoms with van der Waals surface area (Å²) in [5.41, 5.74) is 0.451. The number of rotatable bonds is 2. The Labute approximate surface area is 115 Å². The monoisotopic (exact) mass is 317 g/mol. The first-order valence-electron chi connectivity index (χ1n) is 5.89. The Bertz CT molecular complexity index is 412. The van der Waals surface area contributed by atoms with Gasteiger partial charge in [0.25, 0.3) is 0 Å². The lowest BCUT2D eigenvalue weighted by Crippen LogP contribution is -2.50. The average Bonchev–Trinajstić information content (AvgIpc) is 2.29. The number of halogens is 2. The fraction of sp³-hybridized carbons (Fsp3) is 0.538. The molecule has 0 spiro atoms. The third-order valence-corrected chi connectivity index (χ3v) is 5.11. The van der Waals surface area contributed by atoms with Crippen molar-refractivity contribution in [2.75, 3.05) is 13.1 Å². The Morgan fingerprint density at radius 1 is 1.59 bits per heavy atom. The molecule has 4 heteroatoms. The van der Waals surface area contributed by atoms with E-state index in [0.717, 1.165) is 29.5 Å². The lowest BCUT2D eigenvalue weighted by atomic mass is 9.78. The summed E-state index contributed by atoms with van der Waals surface area (Å²) in [5, 5.41) is 14.7. The second kappa shape index (κ2) is 5.27. The highest BCUT2D eigenvalue weighted by atomic mass is 79.9. The zero-order valence-corrected chi connectivity index (χ0v) is 12.2. The van der Waals surface area contributed by atoms with Gasteiger partial charge in [-0.1, -0.05) is 30.7 Å². The minimum atomic E-state index is -0.627. The maximum atomic E-state index is 10.7. The zero-order chi connectivity index (χ0) is 12.5. The largest absolute Gasteiger partial charge is 0.389 e. The molecule has 2 atom stereocenters. The van der Waals surface area contributed by atoms with Crippen molar-refractivity contribution in [3.63, 3.8) is 0 Å². The summed E-state index contributed by atoms with van der Waals surface area (Å²) < 4.78 is 0.904. The maximum absolute atomic E-state index is 10.7. The van der Waals surface area contributed by atoms with Gasteiger partial charge in [0, 0.05) is 17.4 Å². The molecule has 2 unspecified atom stereocenters. The van der Waals surface area contributed by atoms with Crippen molar-refractivity contribution in [3.8, 4) is 0 Å². The molecule has 1 aliphatic heterocycles. The average molecular weight is 319 g/mol. The molecule has 1 saturated heterocycles. The number of hydrogen-bond acceptors (Lipinski definition) is 2. The van der Waals surface area contributed by atoms with Crippen molar-refractivity contribution in [2.45, 2.75) is 25.4 Å². The van der Waals surface area contributed by atoms with E-state index in [0.29, 0.717) is 11.4 Å². The van der Waals surface area contributed by atoms with Gasteiger partial charge in [-0.2, -0.15) is 0 Å². The number of benzene rings is 1. The molecule has 0 saturated carbocycles. The third kappa shape index (κ3) is 2.84. The van der Waals surface area contributed by atoms with Crippen LogP contribution in [0.3, 0.4) is 0 Å². The Morgan fingerprint density at radius 2 is 2.35 bits per heavy atom. The Kier molecular flexibility index (Phi) is 4.14. The van der Waals surface area contributed by atoms with Gasteiger partial charge in [-0.25, -0.2) is 0 Å². The Morgan fingerprint density at radius 3 is 3.06 bits per heavy atom. The normalized spacial score (nSPS) is 29.3. The molecule has 2 rings (SSSR count).